The van der Waals surface area contributed by atoms with Crippen molar-refractivity contribution in [1.29, 1.82) is 0 Å². The number of rotatable bonds is 5. The second-order valence-corrected chi connectivity index (χ2v) is 7.06. The van der Waals surface area contributed by atoms with Crippen LogP contribution in [0.25, 0.3) is 0 Å². The third-order valence-electron chi connectivity index (χ3n) is 4.49. The molecule has 2 aromatic carbocycles. The minimum Gasteiger partial charge on any atom is -0.447 e. The number of hydrogen-bond acceptors (Lipinski definition) is 3. The third kappa shape index (κ3) is 3.93. The number of imide groups is 1. The molecule has 0 bridgehead atoms. The van der Waals surface area contributed by atoms with Crippen molar-refractivity contribution in [2.75, 3.05) is 6.61 Å². The van der Waals surface area contributed by atoms with Crippen molar-refractivity contribution in [3.63, 3.8) is 0 Å². The molecule has 1 unspecified atom stereocenters. The van der Waals surface area contributed by atoms with Crippen molar-refractivity contribution in [1.82, 2.24) is 4.90 Å². The minimum absolute atomic E-state index is 0.187. The van der Waals surface area contributed by atoms with Crippen molar-refractivity contribution < 1.29 is 14.3 Å². The molecule has 2 amide bonds. The Morgan fingerprint density at radius 1 is 1.20 bits per heavy atom. The molecule has 0 radical (unpaired) electrons. The van der Waals surface area contributed by atoms with E-state index in [4.69, 9.17) is 4.74 Å². The largest absolute Gasteiger partial charge is 0.447 e. The lowest BCUT2D eigenvalue weighted by atomic mass is 9.94. The summed E-state index contributed by atoms with van der Waals surface area (Å²) in [6.45, 7) is 2.20. The summed E-state index contributed by atoms with van der Waals surface area (Å²) in [4.78, 5) is 26.6. The number of amides is 2. The molecule has 1 heterocycles. The van der Waals surface area contributed by atoms with Gasteiger partial charge in [-0.3, -0.25) is 4.79 Å². The zero-order valence-corrected chi connectivity index (χ0v) is 15.6. The number of ether oxygens (including phenoxy) is 1. The number of carbonyl (C=O) groups excluding carboxylic acids is 2. The lowest BCUT2D eigenvalue weighted by molar-refractivity contribution is -0.130. The number of carbonyl (C=O) groups is 2. The quantitative estimate of drug-likeness (QED) is 0.738. The maximum absolute atomic E-state index is 13.1. The van der Waals surface area contributed by atoms with Gasteiger partial charge in [-0.1, -0.05) is 65.3 Å². The molecule has 25 heavy (non-hydrogen) atoms. The molecule has 130 valence electrons. The van der Waals surface area contributed by atoms with Gasteiger partial charge in [-0.2, -0.15) is 0 Å². The van der Waals surface area contributed by atoms with E-state index in [9.17, 15) is 9.59 Å². The van der Waals surface area contributed by atoms with Crippen LogP contribution >= 0.6 is 15.9 Å². The molecule has 0 spiro atoms. The Hall–Kier alpha value is -2.14. The Morgan fingerprint density at radius 3 is 2.52 bits per heavy atom. The van der Waals surface area contributed by atoms with Gasteiger partial charge in [0.1, 0.15) is 6.61 Å². The summed E-state index contributed by atoms with van der Waals surface area (Å²) in [5.74, 6) is -0.537. The van der Waals surface area contributed by atoms with Gasteiger partial charge in [0.2, 0.25) is 5.91 Å². The predicted molar refractivity (Wildman–Crippen MR) is 99.3 cm³/mol. The van der Waals surface area contributed by atoms with Gasteiger partial charge in [0.15, 0.2) is 0 Å². The molecular weight excluding hydrogens is 382 g/mol. The first-order chi connectivity index (χ1) is 12.1. The fourth-order valence-corrected chi connectivity index (χ4v) is 3.45. The molecule has 2 aromatic rings. The summed E-state index contributed by atoms with van der Waals surface area (Å²) < 4.78 is 6.14. The van der Waals surface area contributed by atoms with E-state index < -0.39 is 6.09 Å². The summed E-state index contributed by atoms with van der Waals surface area (Å²) >= 11 is 3.41. The summed E-state index contributed by atoms with van der Waals surface area (Å²) in [5.41, 5.74) is 1.99. The Morgan fingerprint density at radius 2 is 1.88 bits per heavy atom. The molecule has 1 fully saturated rings. The maximum atomic E-state index is 13.1. The van der Waals surface area contributed by atoms with Gasteiger partial charge in [-0.25, -0.2) is 9.69 Å². The van der Waals surface area contributed by atoms with E-state index in [1.807, 2.05) is 61.5 Å². The number of benzene rings is 2. The lowest BCUT2D eigenvalue weighted by Crippen LogP contribution is -2.42. The van der Waals surface area contributed by atoms with Crippen LogP contribution in [-0.4, -0.2) is 29.5 Å². The van der Waals surface area contributed by atoms with E-state index in [1.54, 1.807) is 0 Å². The van der Waals surface area contributed by atoms with Crippen molar-refractivity contribution in [3.05, 3.63) is 70.2 Å². The summed E-state index contributed by atoms with van der Waals surface area (Å²) in [7, 11) is 0. The molecule has 1 aliphatic rings. The van der Waals surface area contributed by atoms with Gasteiger partial charge in [0, 0.05) is 4.47 Å². The van der Waals surface area contributed by atoms with E-state index in [-0.39, 0.29) is 24.5 Å². The Kier molecular flexibility index (Phi) is 5.53. The monoisotopic (exact) mass is 401 g/mol. The highest BCUT2D eigenvalue weighted by molar-refractivity contribution is 9.10. The standard InChI is InChI=1S/C20H20BrNO3/c1-2-18(15-8-10-16(21)11-9-15)19(23)22-17(13-25-20(22)24)12-14-6-4-3-5-7-14/h3-11,17-18H,2,12-13H2,1H3/t17-,18?/m1/s1. The summed E-state index contributed by atoms with van der Waals surface area (Å²) in [6.07, 6.45) is 0.693. The van der Waals surface area contributed by atoms with E-state index >= 15 is 0 Å². The van der Waals surface area contributed by atoms with Crippen molar-refractivity contribution >= 4 is 27.9 Å². The smallest absolute Gasteiger partial charge is 0.417 e. The lowest BCUT2D eigenvalue weighted by Gasteiger charge is -2.24. The highest BCUT2D eigenvalue weighted by Gasteiger charge is 2.40. The highest BCUT2D eigenvalue weighted by Crippen LogP contribution is 2.28. The normalized spacial score (nSPS) is 18.1. The maximum Gasteiger partial charge on any atom is 0.417 e. The number of nitrogens with zero attached hydrogens (tertiary/aromatic N) is 1. The topological polar surface area (TPSA) is 46.6 Å². The third-order valence-corrected chi connectivity index (χ3v) is 5.02. The molecule has 1 aliphatic heterocycles. The molecule has 0 aromatic heterocycles. The number of halogens is 1. The van der Waals surface area contributed by atoms with Crippen LogP contribution in [0.15, 0.2) is 59.1 Å². The Balaban J connectivity index is 1.82. The fraction of sp³-hybridized carbons (Fsp3) is 0.300. The van der Waals surface area contributed by atoms with Crippen LogP contribution in [0.5, 0.6) is 0 Å². The second-order valence-electron chi connectivity index (χ2n) is 6.14. The van der Waals surface area contributed by atoms with Crippen molar-refractivity contribution in [2.24, 2.45) is 0 Å². The molecule has 0 N–H and O–H groups in total. The SMILES string of the molecule is CCC(C(=O)N1C(=O)OC[C@H]1Cc1ccccc1)c1ccc(Br)cc1. The first-order valence-electron chi connectivity index (χ1n) is 8.39. The average molecular weight is 402 g/mol. The van der Waals surface area contributed by atoms with E-state index in [0.29, 0.717) is 12.8 Å². The van der Waals surface area contributed by atoms with Gasteiger partial charge in [-0.05, 0) is 36.1 Å². The predicted octanol–water partition coefficient (Wildman–Crippen LogP) is 4.53. The van der Waals surface area contributed by atoms with Gasteiger partial charge >= 0.3 is 6.09 Å². The van der Waals surface area contributed by atoms with Gasteiger partial charge in [0.25, 0.3) is 0 Å². The molecule has 5 heteroatoms. The van der Waals surface area contributed by atoms with Crippen LogP contribution in [-0.2, 0) is 16.0 Å². The van der Waals surface area contributed by atoms with Crippen LogP contribution in [0.2, 0.25) is 0 Å². The zero-order chi connectivity index (χ0) is 17.8. The first-order valence-corrected chi connectivity index (χ1v) is 9.18. The van der Waals surface area contributed by atoms with Gasteiger partial charge < -0.3 is 4.74 Å². The molecule has 0 aliphatic carbocycles. The van der Waals surface area contributed by atoms with Crippen molar-refractivity contribution in [2.45, 2.75) is 31.7 Å². The fourth-order valence-electron chi connectivity index (χ4n) is 3.18. The first kappa shape index (κ1) is 17.7. The molecule has 1 saturated heterocycles. The van der Waals surface area contributed by atoms with E-state index in [0.717, 1.165) is 15.6 Å². The van der Waals surface area contributed by atoms with Gasteiger partial charge in [-0.15, -0.1) is 0 Å². The Labute approximate surface area is 155 Å². The molecule has 4 nitrogen and oxygen atoms in total. The molecule has 3 rings (SSSR count). The molecular formula is C20H20BrNO3. The molecule has 2 atom stereocenters. The van der Waals surface area contributed by atoms with Crippen LogP contribution < -0.4 is 0 Å². The van der Waals surface area contributed by atoms with E-state index in [1.165, 1.54) is 4.90 Å². The van der Waals surface area contributed by atoms with Crippen LogP contribution in [0, 0.1) is 0 Å². The minimum atomic E-state index is -0.540. The van der Waals surface area contributed by atoms with Crippen LogP contribution in [0.4, 0.5) is 4.79 Å². The highest BCUT2D eigenvalue weighted by atomic mass is 79.9. The number of hydrogen-bond donors (Lipinski definition) is 0. The van der Waals surface area contributed by atoms with Crippen molar-refractivity contribution in [3.8, 4) is 0 Å². The summed E-state index contributed by atoms with van der Waals surface area (Å²) in [6, 6.07) is 17.3. The van der Waals surface area contributed by atoms with Crippen LogP contribution in [0.1, 0.15) is 30.4 Å². The summed E-state index contributed by atoms with van der Waals surface area (Å²) in [5, 5.41) is 0. The van der Waals surface area contributed by atoms with Gasteiger partial charge in [0.05, 0.1) is 12.0 Å². The van der Waals surface area contributed by atoms with Crippen LogP contribution in [0.3, 0.4) is 0 Å². The zero-order valence-electron chi connectivity index (χ0n) is 14.0. The average Bonchev–Trinajstić information content (AvgIpc) is 2.98. The van der Waals surface area contributed by atoms with E-state index in [2.05, 4.69) is 15.9 Å². The molecule has 0 saturated carbocycles. The Bertz CT molecular complexity index is 745. The second kappa shape index (κ2) is 7.83. The number of cyclic esters (lactones) is 1.